The standard InChI is InChI=1S/C16H28N2O/c17-14-9-8-13(11-14)16(19)18-10-4-7-15(18)12-5-2-1-3-6-12/h12-15H,1-11,17H2/t13-,14-,15+/m1/s1. The van der Waals surface area contributed by atoms with Crippen molar-refractivity contribution in [2.24, 2.45) is 17.6 Å². The molecule has 19 heavy (non-hydrogen) atoms. The van der Waals surface area contributed by atoms with Crippen molar-refractivity contribution >= 4 is 5.91 Å². The molecule has 3 nitrogen and oxygen atoms in total. The Hall–Kier alpha value is -0.570. The van der Waals surface area contributed by atoms with E-state index in [1.165, 1.54) is 44.9 Å². The average molecular weight is 264 g/mol. The van der Waals surface area contributed by atoms with Gasteiger partial charge in [-0.1, -0.05) is 19.3 Å². The highest BCUT2D eigenvalue weighted by molar-refractivity contribution is 5.79. The van der Waals surface area contributed by atoms with Crippen LogP contribution in [-0.4, -0.2) is 29.4 Å². The second-order valence-corrected chi connectivity index (χ2v) is 6.91. The quantitative estimate of drug-likeness (QED) is 0.833. The molecule has 1 heterocycles. The minimum atomic E-state index is 0.235. The highest BCUT2D eigenvalue weighted by Gasteiger charge is 2.39. The topological polar surface area (TPSA) is 46.3 Å². The molecule has 0 bridgehead atoms. The van der Waals surface area contributed by atoms with Gasteiger partial charge in [-0.2, -0.15) is 0 Å². The predicted molar refractivity (Wildman–Crippen MR) is 76.6 cm³/mol. The van der Waals surface area contributed by atoms with Gasteiger partial charge in [0.25, 0.3) is 0 Å². The highest BCUT2D eigenvalue weighted by Crippen LogP contribution is 2.36. The third-order valence-corrected chi connectivity index (χ3v) is 5.60. The van der Waals surface area contributed by atoms with Crippen molar-refractivity contribution in [1.29, 1.82) is 0 Å². The summed E-state index contributed by atoms with van der Waals surface area (Å²) in [5.41, 5.74) is 5.97. The number of nitrogens with two attached hydrogens (primary N) is 1. The second kappa shape index (κ2) is 5.82. The minimum Gasteiger partial charge on any atom is -0.339 e. The Kier molecular flexibility index (Phi) is 4.11. The molecule has 1 aliphatic heterocycles. The summed E-state index contributed by atoms with van der Waals surface area (Å²) in [4.78, 5) is 15.0. The molecule has 2 aliphatic carbocycles. The van der Waals surface area contributed by atoms with Gasteiger partial charge in [-0.15, -0.1) is 0 Å². The number of nitrogens with zero attached hydrogens (tertiary/aromatic N) is 1. The molecule has 3 rings (SSSR count). The zero-order valence-corrected chi connectivity index (χ0v) is 12.0. The Balaban J connectivity index is 1.63. The largest absolute Gasteiger partial charge is 0.339 e. The molecule has 0 aromatic heterocycles. The van der Waals surface area contributed by atoms with Crippen LogP contribution < -0.4 is 5.73 Å². The molecule has 1 saturated heterocycles. The van der Waals surface area contributed by atoms with Crippen LogP contribution >= 0.6 is 0 Å². The van der Waals surface area contributed by atoms with Gasteiger partial charge in [0.15, 0.2) is 0 Å². The molecule has 0 spiro atoms. The van der Waals surface area contributed by atoms with E-state index in [0.29, 0.717) is 11.9 Å². The van der Waals surface area contributed by atoms with E-state index in [4.69, 9.17) is 5.73 Å². The average Bonchev–Trinajstić information content (AvgIpc) is 3.07. The zero-order valence-electron chi connectivity index (χ0n) is 12.0. The van der Waals surface area contributed by atoms with Gasteiger partial charge < -0.3 is 10.6 Å². The fourth-order valence-electron chi connectivity index (χ4n) is 4.55. The maximum atomic E-state index is 12.7. The van der Waals surface area contributed by atoms with Crippen LogP contribution in [-0.2, 0) is 4.79 Å². The molecule has 3 heteroatoms. The van der Waals surface area contributed by atoms with Crippen LogP contribution in [0.4, 0.5) is 0 Å². The second-order valence-electron chi connectivity index (χ2n) is 6.91. The van der Waals surface area contributed by atoms with Crippen LogP contribution in [0.1, 0.15) is 64.2 Å². The minimum absolute atomic E-state index is 0.235. The first-order valence-electron chi connectivity index (χ1n) is 8.32. The van der Waals surface area contributed by atoms with E-state index < -0.39 is 0 Å². The smallest absolute Gasteiger partial charge is 0.225 e. The lowest BCUT2D eigenvalue weighted by atomic mass is 9.82. The number of carbonyl (C=O) groups is 1. The van der Waals surface area contributed by atoms with E-state index in [0.717, 1.165) is 31.7 Å². The first kappa shape index (κ1) is 13.4. The number of hydrogen-bond donors (Lipinski definition) is 1. The number of amides is 1. The van der Waals surface area contributed by atoms with E-state index in [2.05, 4.69) is 4.90 Å². The molecule has 0 aromatic carbocycles. The van der Waals surface area contributed by atoms with Crippen molar-refractivity contribution in [3.05, 3.63) is 0 Å². The van der Waals surface area contributed by atoms with Crippen LogP contribution in [0, 0.1) is 11.8 Å². The summed E-state index contributed by atoms with van der Waals surface area (Å²) in [6, 6.07) is 0.828. The molecule has 108 valence electrons. The fraction of sp³-hybridized carbons (Fsp3) is 0.938. The summed E-state index contributed by atoms with van der Waals surface area (Å²) in [6.45, 7) is 1.01. The maximum absolute atomic E-state index is 12.7. The maximum Gasteiger partial charge on any atom is 0.225 e. The van der Waals surface area contributed by atoms with Gasteiger partial charge >= 0.3 is 0 Å². The van der Waals surface area contributed by atoms with E-state index in [1.54, 1.807) is 0 Å². The molecule has 2 N–H and O–H groups in total. The normalized spacial score (nSPS) is 36.9. The third-order valence-electron chi connectivity index (χ3n) is 5.60. The number of likely N-dealkylation sites (tertiary alicyclic amines) is 1. The Bertz CT molecular complexity index is 325. The lowest BCUT2D eigenvalue weighted by molar-refractivity contribution is -0.137. The van der Waals surface area contributed by atoms with Gasteiger partial charge in [-0.25, -0.2) is 0 Å². The lowest BCUT2D eigenvalue weighted by Crippen LogP contribution is -2.43. The lowest BCUT2D eigenvalue weighted by Gasteiger charge is -2.35. The Morgan fingerprint density at radius 3 is 2.42 bits per heavy atom. The first-order valence-corrected chi connectivity index (χ1v) is 8.32. The zero-order chi connectivity index (χ0) is 13.2. The van der Waals surface area contributed by atoms with Gasteiger partial charge in [0.1, 0.15) is 0 Å². The molecule has 0 unspecified atom stereocenters. The van der Waals surface area contributed by atoms with E-state index in [-0.39, 0.29) is 12.0 Å². The molecule has 3 aliphatic rings. The van der Waals surface area contributed by atoms with Crippen molar-refractivity contribution < 1.29 is 4.79 Å². The summed E-state index contributed by atoms with van der Waals surface area (Å²) in [5, 5.41) is 0. The molecule has 0 radical (unpaired) electrons. The Labute approximate surface area is 116 Å². The van der Waals surface area contributed by atoms with Gasteiger partial charge in [0.2, 0.25) is 5.91 Å². The van der Waals surface area contributed by atoms with Gasteiger partial charge in [0, 0.05) is 24.5 Å². The van der Waals surface area contributed by atoms with Crippen LogP contribution in [0.3, 0.4) is 0 Å². The molecule has 3 atom stereocenters. The van der Waals surface area contributed by atoms with Crippen LogP contribution in [0.2, 0.25) is 0 Å². The SMILES string of the molecule is N[C@@H]1CC[C@@H](C(=O)N2CCC[C@H]2C2CCCCC2)C1. The van der Waals surface area contributed by atoms with Gasteiger partial charge in [0.05, 0.1) is 0 Å². The van der Waals surface area contributed by atoms with Gasteiger partial charge in [-0.05, 0) is 50.9 Å². The summed E-state index contributed by atoms with van der Waals surface area (Å²) in [5.74, 6) is 1.45. The van der Waals surface area contributed by atoms with Crippen molar-refractivity contribution in [1.82, 2.24) is 4.90 Å². The van der Waals surface area contributed by atoms with Crippen LogP contribution in [0.5, 0.6) is 0 Å². The summed E-state index contributed by atoms with van der Waals surface area (Å²) < 4.78 is 0. The summed E-state index contributed by atoms with van der Waals surface area (Å²) >= 11 is 0. The predicted octanol–water partition coefficient (Wildman–Crippen LogP) is 2.69. The van der Waals surface area contributed by atoms with E-state index in [9.17, 15) is 4.79 Å². The molecular weight excluding hydrogens is 236 g/mol. The number of hydrogen-bond acceptors (Lipinski definition) is 2. The monoisotopic (exact) mass is 264 g/mol. The molecule has 3 fully saturated rings. The molecule has 1 amide bonds. The molecule has 2 saturated carbocycles. The summed E-state index contributed by atoms with van der Waals surface area (Å²) in [7, 11) is 0. The molecule has 0 aromatic rings. The fourth-order valence-corrected chi connectivity index (χ4v) is 4.55. The van der Waals surface area contributed by atoms with Crippen LogP contribution in [0.25, 0.3) is 0 Å². The van der Waals surface area contributed by atoms with Crippen molar-refractivity contribution in [2.45, 2.75) is 76.3 Å². The first-order chi connectivity index (χ1) is 9.25. The Morgan fingerprint density at radius 2 is 1.74 bits per heavy atom. The third kappa shape index (κ3) is 2.81. The van der Waals surface area contributed by atoms with E-state index in [1.807, 2.05) is 0 Å². The van der Waals surface area contributed by atoms with Crippen molar-refractivity contribution in [3.8, 4) is 0 Å². The highest BCUT2D eigenvalue weighted by atomic mass is 16.2. The number of rotatable bonds is 2. The number of carbonyl (C=O) groups excluding carboxylic acids is 1. The van der Waals surface area contributed by atoms with Crippen molar-refractivity contribution in [2.75, 3.05) is 6.54 Å². The molecular formula is C16H28N2O. The van der Waals surface area contributed by atoms with Crippen molar-refractivity contribution in [3.63, 3.8) is 0 Å². The van der Waals surface area contributed by atoms with Gasteiger partial charge in [-0.3, -0.25) is 4.79 Å². The van der Waals surface area contributed by atoms with E-state index >= 15 is 0 Å². The summed E-state index contributed by atoms with van der Waals surface area (Å²) in [6.07, 6.45) is 12.3. The Morgan fingerprint density at radius 1 is 0.947 bits per heavy atom. The van der Waals surface area contributed by atoms with Crippen LogP contribution in [0.15, 0.2) is 0 Å².